The number of carbonyl (C=O) groups excluding carboxylic acids is 1. The maximum atomic E-state index is 13.4. The van der Waals surface area contributed by atoms with Gasteiger partial charge in [0.25, 0.3) is 0 Å². The van der Waals surface area contributed by atoms with Crippen molar-refractivity contribution in [3.63, 3.8) is 0 Å². The molecular weight excluding hydrogens is 201 g/mol. The normalized spacial score (nSPS) is 9.80. The Balaban J connectivity index is 3.10. The maximum absolute atomic E-state index is 13.4. The molecule has 0 aliphatic heterocycles. The molecule has 0 bridgehead atoms. The molecule has 0 unspecified atom stereocenters. The number of anilines is 1. The Labute approximate surface area is 86.8 Å². The number of rotatable bonds is 3. The lowest BCUT2D eigenvalue weighted by atomic mass is 10.2. The first kappa shape index (κ1) is 11.3. The Morgan fingerprint density at radius 2 is 2.20 bits per heavy atom. The van der Waals surface area contributed by atoms with Crippen molar-refractivity contribution in [1.82, 2.24) is 0 Å². The van der Waals surface area contributed by atoms with Crippen LogP contribution in [-0.4, -0.2) is 19.7 Å². The van der Waals surface area contributed by atoms with Gasteiger partial charge in [0.1, 0.15) is 11.6 Å². The number of nitrogen functional groups attached to an aromatic ring is 1. The van der Waals surface area contributed by atoms with Crippen LogP contribution in [-0.2, 0) is 4.74 Å². The summed E-state index contributed by atoms with van der Waals surface area (Å²) < 4.78 is 22.8. The summed E-state index contributed by atoms with van der Waals surface area (Å²) in [6.07, 6.45) is 0. The third kappa shape index (κ3) is 2.37. The van der Waals surface area contributed by atoms with Crippen LogP contribution in [0.1, 0.15) is 17.3 Å². The van der Waals surface area contributed by atoms with Crippen molar-refractivity contribution in [2.75, 3.05) is 19.5 Å². The van der Waals surface area contributed by atoms with Gasteiger partial charge in [-0.25, -0.2) is 9.18 Å². The van der Waals surface area contributed by atoms with Crippen molar-refractivity contribution in [2.24, 2.45) is 0 Å². The monoisotopic (exact) mass is 213 g/mol. The number of halogens is 1. The van der Waals surface area contributed by atoms with Crippen LogP contribution in [0.3, 0.4) is 0 Å². The lowest BCUT2D eigenvalue weighted by molar-refractivity contribution is 0.0521. The van der Waals surface area contributed by atoms with Crippen molar-refractivity contribution >= 4 is 11.7 Å². The van der Waals surface area contributed by atoms with E-state index in [0.717, 1.165) is 6.07 Å². The highest BCUT2D eigenvalue weighted by Crippen LogP contribution is 2.25. The molecule has 0 aliphatic rings. The predicted octanol–water partition coefficient (Wildman–Crippen LogP) is 1.59. The van der Waals surface area contributed by atoms with Gasteiger partial charge in [-0.2, -0.15) is 0 Å². The summed E-state index contributed by atoms with van der Waals surface area (Å²) in [6.45, 7) is 1.83. The van der Waals surface area contributed by atoms with E-state index in [1.54, 1.807) is 6.92 Å². The molecule has 4 nitrogen and oxygen atoms in total. The minimum Gasteiger partial charge on any atom is -0.494 e. The van der Waals surface area contributed by atoms with E-state index in [1.165, 1.54) is 13.2 Å². The van der Waals surface area contributed by atoms with Crippen LogP contribution in [0.15, 0.2) is 12.1 Å². The number of methoxy groups -OCH3 is 1. The van der Waals surface area contributed by atoms with Crippen molar-refractivity contribution in [1.29, 1.82) is 0 Å². The van der Waals surface area contributed by atoms with Crippen LogP contribution in [0.4, 0.5) is 10.1 Å². The van der Waals surface area contributed by atoms with E-state index in [2.05, 4.69) is 4.74 Å². The second kappa shape index (κ2) is 4.63. The Morgan fingerprint density at radius 1 is 1.53 bits per heavy atom. The quantitative estimate of drug-likeness (QED) is 0.611. The molecule has 15 heavy (non-hydrogen) atoms. The highest BCUT2D eigenvalue weighted by Gasteiger charge is 2.15. The highest BCUT2D eigenvalue weighted by atomic mass is 19.1. The summed E-state index contributed by atoms with van der Waals surface area (Å²) in [5.74, 6) is -1.25. The van der Waals surface area contributed by atoms with E-state index in [4.69, 9.17) is 10.5 Å². The highest BCUT2D eigenvalue weighted by molar-refractivity contribution is 5.91. The smallest absolute Gasteiger partial charge is 0.341 e. The van der Waals surface area contributed by atoms with E-state index in [9.17, 15) is 9.18 Å². The molecule has 82 valence electrons. The average Bonchev–Trinajstić information content (AvgIpc) is 2.21. The van der Waals surface area contributed by atoms with Crippen molar-refractivity contribution in [2.45, 2.75) is 6.92 Å². The van der Waals surface area contributed by atoms with Gasteiger partial charge < -0.3 is 15.2 Å². The molecule has 0 saturated heterocycles. The van der Waals surface area contributed by atoms with Crippen LogP contribution in [0.25, 0.3) is 0 Å². The van der Waals surface area contributed by atoms with Crippen LogP contribution in [0.5, 0.6) is 5.75 Å². The van der Waals surface area contributed by atoms with Crippen molar-refractivity contribution < 1.29 is 18.7 Å². The van der Waals surface area contributed by atoms with Gasteiger partial charge >= 0.3 is 5.97 Å². The van der Waals surface area contributed by atoms with Crippen LogP contribution < -0.4 is 10.5 Å². The van der Waals surface area contributed by atoms with Gasteiger partial charge in [-0.05, 0) is 13.0 Å². The molecule has 0 atom stereocenters. The fourth-order valence-electron chi connectivity index (χ4n) is 1.11. The molecule has 2 N–H and O–H groups in total. The predicted molar refractivity (Wildman–Crippen MR) is 53.3 cm³/mol. The second-order valence-electron chi connectivity index (χ2n) is 2.79. The summed E-state index contributed by atoms with van der Waals surface area (Å²) in [5.41, 5.74) is 5.55. The zero-order valence-corrected chi connectivity index (χ0v) is 8.54. The number of carbonyl (C=O) groups is 1. The molecule has 0 saturated carbocycles. The number of ether oxygens (including phenoxy) is 2. The average molecular weight is 213 g/mol. The number of hydrogen-bond acceptors (Lipinski definition) is 4. The van der Waals surface area contributed by atoms with Gasteiger partial charge in [0.15, 0.2) is 0 Å². The third-order valence-corrected chi connectivity index (χ3v) is 1.81. The Bertz CT molecular complexity index is 379. The molecule has 1 aromatic rings. The van der Waals surface area contributed by atoms with Gasteiger partial charge in [-0.15, -0.1) is 0 Å². The SMILES string of the molecule is CCOC(=O)c1cc(N)c(OC)cc1F. The van der Waals surface area contributed by atoms with Crippen LogP contribution in [0.2, 0.25) is 0 Å². The molecule has 0 fully saturated rings. The van der Waals surface area contributed by atoms with Crippen LogP contribution >= 0.6 is 0 Å². The summed E-state index contributed by atoms with van der Waals surface area (Å²) in [4.78, 5) is 11.3. The fraction of sp³-hybridized carbons (Fsp3) is 0.300. The molecule has 0 heterocycles. The third-order valence-electron chi connectivity index (χ3n) is 1.81. The molecule has 0 aromatic heterocycles. The summed E-state index contributed by atoms with van der Waals surface area (Å²) in [6, 6.07) is 2.26. The molecular formula is C10H12FNO3. The maximum Gasteiger partial charge on any atom is 0.341 e. The van der Waals surface area contributed by atoms with E-state index in [-0.39, 0.29) is 23.6 Å². The van der Waals surface area contributed by atoms with Gasteiger partial charge in [0, 0.05) is 6.07 Å². The van der Waals surface area contributed by atoms with Gasteiger partial charge in [-0.1, -0.05) is 0 Å². The first-order valence-corrected chi connectivity index (χ1v) is 4.40. The minimum atomic E-state index is -0.732. The Hall–Kier alpha value is -1.78. The van der Waals surface area contributed by atoms with E-state index < -0.39 is 11.8 Å². The topological polar surface area (TPSA) is 61.5 Å². The van der Waals surface area contributed by atoms with Crippen LogP contribution in [0, 0.1) is 5.82 Å². The number of esters is 1. The molecule has 1 aromatic carbocycles. The van der Waals surface area contributed by atoms with E-state index in [1.807, 2.05) is 0 Å². The molecule has 5 heteroatoms. The fourth-order valence-corrected chi connectivity index (χ4v) is 1.11. The number of hydrogen-bond donors (Lipinski definition) is 1. The number of nitrogens with two attached hydrogens (primary N) is 1. The van der Waals surface area contributed by atoms with E-state index in [0.29, 0.717) is 0 Å². The largest absolute Gasteiger partial charge is 0.494 e. The molecule has 0 radical (unpaired) electrons. The molecule has 1 rings (SSSR count). The zero-order chi connectivity index (χ0) is 11.4. The zero-order valence-electron chi connectivity index (χ0n) is 8.54. The second-order valence-corrected chi connectivity index (χ2v) is 2.79. The van der Waals surface area contributed by atoms with Crippen molar-refractivity contribution in [3.8, 4) is 5.75 Å². The van der Waals surface area contributed by atoms with Gasteiger partial charge in [0.2, 0.25) is 0 Å². The summed E-state index contributed by atoms with van der Waals surface area (Å²) in [5, 5.41) is 0. The van der Waals surface area contributed by atoms with Crippen molar-refractivity contribution in [3.05, 3.63) is 23.5 Å². The lowest BCUT2D eigenvalue weighted by Gasteiger charge is -2.08. The number of benzene rings is 1. The molecule has 0 amide bonds. The first-order chi connectivity index (χ1) is 7.10. The molecule has 0 spiro atoms. The standard InChI is InChI=1S/C10H12FNO3/c1-3-15-10(13)6-4-8(12)9(14-2)5-7(6)11/h4-5H,3,12H2,1-2H3. The Kier molecular flexibility index (Phi) is 3.49. The lowest BCUT2D eigenvalue weighted by Crippen LogP contribution is -2.08. The van der Waals surface area contributed by atoms with Gasteiger partial charge in [0.05, 0.1) is 25.0 Å². The first-order valence-electron chi connectivity index (χ1n) is 4.40. The Morgan fingerprint density at radius 3 is 2.73 bits per heavy atom. The molecule has 0 aliphatic carbocycles. The minimum absolute atomic E-state index is 0.185. The van der Waals surface area contributed by atoms with E-state index >= 15 is 0 Å². The summed E-state index contributed by atoms with van der Waals surface area (Å²) >= 11 is 0. The summed E-state index contributed by atoms with van der Waals surface area (Å²) in [7, 11) is 1.37. The van der Waals surface area contributed by atoms with Gasteiger partial charge in [-0.3, -0.25) is 0 Å².